The Labute approximate surface area is 122 Å². The molecule has 0 amide bonds. The molecule has 0 heterocycles. The average Bonchev–Trinajstić information content (AvgIpc) is 2.28. The molecule has 0 aliphatic heterocycles. The zero-order chi connectivity index (χ0) is 13.8. The molecule has 18 heavy (non-hydrogen) atoms. The van der Waals surface area contributed by atoms with Gasteiger partial charge in [0.2, 0.25) is 10.0 Å². The molecule has 0 aromatic heterocycles. The normalized spacial score (nSPS) is 15.3. The molecule has 0 radical (unpaired) electrons. The molecule has 3 nitrogen and oxygen atoms in total. The average molecular weight is 355 g/mol. The molecule has 0 saturated heterocycles. The number of hydrogen-bond donors (Lipinski definition) is 1. The Hall–Kier alpha value is -0.100. The van der Waals surface area contributed by atoms with Gasteiger partial charge in [0.15, 0.2) is 0 Å². The van der Waals surface area contributed by atoms with Gasteiger partial charge in [0, 0.05) is 16.4 Å². The summed E-state index contributed by atoms with van der Waals surface area (Å²) >= 11 is 8.98. The van der Waals surface area contributed by atoms with Crippen LogP contribution in [0.25, 0.3) is 0 Å². The van der Waals surface area contributed by atoms with Crippen molar-refractivity contribution in [3.8, 4) is 0 Å². The van der Waals surface area contributed by atoms with Gasteiger partial charge in [-0.15, -0.1) is 11.6 Å². The minimum absolute atomic E-state index is 0.0529. The topological polar surface area (TPSA) is 46.2 Å². The van der Waals surface area contributed by atoms with Crippen molar-refractivity contribution < 1.29 is 8.42 Å². The summed E-state index contributed by atoms with van der Waals surface area (Å²) < 4.78 is 27.4. The van der Waals surface area contributed by atoms with Gasteiger partial charge < -0.3 is 0 Å². The van der Waals surface area contributed by atoms with Gasteiger partial charge in [0.05, 0.1) is 5.75 Å². The smallest absolute Gasteiger partial charge is 0.212 e. The second-order valence-electron chi connectivity index (χ2n) is 4.43. The van der Waals surface area contributed by atoms with Crippen LogP contribution in [0.1, 0.15) is 25.5 Å². The first kappa shape index (κ1) is 16.0. The minimum Gasteiger partial charge on any atom is -0.212 e. The molecule has 0 bridgehead atoms. The summed E-state index contributed by atoms with van der Waals surface area (Å²) in [5.41, 5.74) is 0.931. The summed E-state index contributed by atoms with van der Waals surface area (Å²) in [5.74, 6) is 0.339. The van der Waals surface area contributed by atoms with Crippen molar-refractivity contribution in [3.63, 3.8) is 0 Å². The summed E-state index contributed by atoms with van der Waals surface area (Å²) in [5, 5.41) is 0. The van der Waals surface area contributed by atoms with E-state index in [1.807, 2.05) is 38.1 Å². The Kier molecular flexibility index (Phi) is 6.11. The molecular weight excluding hydrogens is 338 g/mol. The lowest BCUT2D eigenvalue weighted by Gasteiger charge is -2.16. The van der Waals surface area contributed by atoms with Crippen LogP contribution in [0.5, 0.6) is 0 Å². The van der Waals surface area contributed by atoms with Crippen molar-refractivity contribution in [1.29, 1.82) is 0 Å². The monoisotopic (exact) mass is 353 g/mol. The Morgan fingerprint density at radius 1 is 1.28 bits per heavy atom. The fourth-order valence-corrected chi connectivity index (χ4v) is 3.70. The van der Waals surface area contributed by atoms with Gasteiger partial charge in [-0.05, 0) is 30.5 Å². The lowest BCUT2D eigenvalue weighted by atomic mass is 10.1. The van der Waals surface area contributed by atoms with Gasteiger partial charge in [-0.25, -0.2) is 13.1 Å². The third-order valence-electron chi connectivity index (χ3n) is 2.49. The second-order valence-corrected chi connectivity index (χ2v) is 7.45. The number of rotatable bonds is 6. The van der Waals surface area contributed by atoms with E-state index >= 15 is 0 Å². The Morgan fingerprint density at radius 2 is 1.83 bits per heavy atom. The van der Waals surface area contributed by atoms with Crippen molar-refractivity contribution in [2.24, 2.45) is 5.92 Å². The number of benzene rings is 1. The fraction of sp³-hybridized carbons (Fsp3) is 0.500. The predicted molar refractivity (Wildman–Crippen MR) is 79.4 cm³/mol. The fourth-order valence-electron chi connectivity index (χ4n) is 1.56. The van der Waals surface area contributed by atoms with Crippen LogP contribution < -0.4 is 4.72 Å². The zero-order valence-electron chi connectivity index (χ0n) is 10.4. The van der Waals surface area contributed by atoms with Crippen molar-refractivity contribution in [1.82, 2.24) is 4.72 Å². The lowest BCUT2D eigenvalue weighted by molar-refractivity contribution is 0.555. The third kappa shape index (κ3) is 5.26. The maximum Gasteiger partial charge on any atom is 0.212 e. The molecule has 0 saturated carbocycles. The summed E-state index contributed by atoms with van der Waals surface area (Å²) in [6.07, 6.45) is 0. The molecule has 0 fully saturated rings. The minimum atomic E-state index is -3.30. The van der Waals surface area contributed by atoms with Crippen molar-refractivity contribution >= 4 is 37.6 Å². The molecule has 0 aliphatic carbocycles. The van der Waals surface area contributed by atoms with E-state index in [1.165, 1.54) is 0 Å². The van der Waals surface area contributed by atoms with Crippen LogP contribution in [0.15, 0.2) is 28.7 Å². The Bertz CT molecular complexity index is 475. The second kappa shape index (κ2) is 6.89. The summed E-state index contributed by atoms with van der Waals surface area (Å²) in [4.78, 5) is 0. The Balaban J connectivity index is 2.69. The van der Waals surface area contributed by atoms with Gasteiger partial charge >= 0.3 is 0 Å². The number of nitrogens with one attached hydrogen (secondary N) is 1. The van der Waals surface area contributed by atoms with E-state index < -0.39 is 10.0 Å². The van der Waals surface area contributed by atoms with Gasteiger partial charge in [0.1, 0.15) is 0 Å². The molecule has 1 rings (SSSR count). The molecule has 1 unspecified atom stereocenters. The van der Waals surface area contributed by atoms with Crippen LogP contribution in [0, 0.1) is 5.92 Å². The number of hydrogen-bond acceptors (Lipinski definition) is 2. The first-order valence-electron chi connectivity index (χ1n) is 5.65. The maximum atomic E-state index is 11.9. The Morgan fingerprint density at radius 3 is 2.33 bits per heavy atom. The zero-order valence-corrected chi connectivity index (χ0v) is 13.5. The highest BCUT2D eigenvalue weighted by molar-refractivity contribution is 9.10. The van der Waals surface area contributed by atoms with E-state index in [-0.39, 0.29) is 17.7 Å². The largest absolute Gasteiger partial charge is 0.212 e. The molecule has 6 heteroatoms. The third-order valence-corrected chi connectivity index (χ3v) is 5.27. The van der Waals surface area contributed by atoms with Gasteiger partial charge in [0.25, 0.3) is 0 Å². The lowest BCUT2D eigenvalue weighted by Crippen LogP contribution is -2.31. The summed E-state index contributed by atoms with van der Waals surface area (Å²) in [7, 11) is -3.30. The maximum absolute atomic E-state index is 11.9. The van der Waals surface area contributed by atoms with Crippen LogP contribution in [-0.2, 0) is 10.0 Å². The molecule has 102 valence electrons. The van der Waals surface area contributed by atoms with Crippen LogP contribution in [0.3, 0.4) is 0 Å². The van der Waals surface area contributed by atoms with E-state index in [0.29, 0.717) is 5.88 Å². The van der Waals surface area contributed by atoms with Crippen LogP contribution in [0.4, 0.5) is 0 Å². The van der Waals surface area contributed by atoms with Gasteiger partial charge in [-0.2, -0.15) is 0 Å². The van der Waals surface area contributed by atoms with E-state index in [2.05, 4.69) is 20.7 Å². The van der Waals surface area contributed by atoms with Crippen molar-refractivity contribution in [2.75, 3.05) is 11.6 Å². The van der Waals surface area contributed by atoms with Crippen molar-refractivity contribution in [3.05, 3.63) is 34.3 Å². The SMILES string of the molecule is CC(CCl)CS(=O)(=O)N[C@@H](C)c1ccc(Br)cc1. The molecule has 1 N–H and O–H groups in total. The first-order valence-corrected chi connectivity index (χ1v) is 8.63. The van der Waals surface area contributed by atoms with Crippen LogP contribution >= 0.6 is 27.5 Å². The molecule has 1 aromatic carbocycles. The summed E-state index contributed by atoms with van der Waals surface area (Å²) in [6, 6.07) is 7.32. The van der Waals surface area contributed by atoms with Gasteiger partial charge in [-0.1, -0.05) is 35.0 Å². The molecule has 0 spiro atoms. The summed E-state index contributed by atoms with van der Waals surface area (Å²) in [6.45, 7) is 3.64. The van der Waals surface area contributed by atoms with E-state index in [9.17, 15) is 8.42 Å². The van der Waals surface area contributed by atoms with Crippen molar-refractivity contribution in [2.45, 2.75) is 19.9 Å². The van der Waals surface area contributed by atoms with E-state index in [4.69, 9.17) is 11.6 Å². The number of halogens is 2. The molecule has 0 aliphatic rings. The first-order chi connectivity index (χ1) is 8.34. The quantitative estimate of drug-likeness (QED) is 0.797. The van der Waals surface area contributed by atoms with E-state index in [1.54, 1.807) is 0 Å². The van der Waals surface area contributed by atoms with Crippen LogP contribution in [0.2, 0.25) is 0 Å². The van der Waals surface area contributed by atoms with E-state index in [0.717, 1.165) is 10.0 Å². The van der Waals surface area contributed by atoms with Gasteiger partial charge in [-0.3, -0.25) is 0 Å². The highest BCUT2D eigenvalue weighted by atomic mass is 79.9. The molecule has 2 atom stereocenters. The molecule has 1 aromatic rings. The highest BCUT2D eigenvalue weighted by Gasteiger charge is 2.18. The standard InChI is InChI=1S/C12H17BrClNO2S/c1-9(7-14)8-18(16,17)15-10(2)11-3-5-12(13)6-4-11/h3-6,9-10,15H,7-8H2,1-2H3/t9?,10-/m0/s1. The number of sulfonamides is 1. The predicted octanol–water partition coefficient (Wildman–Crippen LogP) is 3.30. The molecular formula is C12H17BrClNO2S. The number of alkyl halides is 1. The van der Waals surface area contributed by atoms with Crippen LogP contribution in [-0.4, -0.2) is 20.1 Å². The highest BCUT2D eigenvalue weighted by Crippen LogP contribution is 2.17.